The Bertz CT molecular complexity index is 255. The Morgan fingerprint density at radius 1 is 0.375 bits per heavy atom. The fraction of sp³-hybridized carbons (Fsp3) is 0. The molecule has 16 heavy (non-hydrogen) atoms. The average molecular weight is 212 g/mol. The lowest BCUT2D eigenvalue weighted by Crippen LogP contribution is -1.63. The van der Waals surface area contributed by atoms with Gasteiger partial charge in [0.05, 0.1) is 12.4 Å². The zero-order valence-corrected chi connectivity index (χ0v) is 8.72. The third-order valence-electron chi connectivity index (χ3n) is 1.45. The molecule has 0 fully saturated rings. The standard InChI is InChI=1S/C12H12N4/c1-2-4-6-8-10-12-14-16-15-13-11-9-7-5-3-1/h1-12H/b2-1-,3-1?,4-2?,5-3-,6-4-,7-5?,8-6?,9-7-,10-8-,11-9?,12-10?,13-11-,14-12-,15-13?,16-14?,16-15-. The van der Waals surface area contributed by atoms with E-state index in [1.165, 1.54) is 12.4 Å². The first-order chi connectivity index (χ1) is 8.00. The molecule has 1 heterocycles. The zero-order chi connectivity index (χ0) is 11.3. The van der Waals surface area contributed by atoms with Gasteiger partial charge in [0.2, 0.25) is 0 Å². The van der Waals surface area contributed by atoms with E-state index < -0.39 is 0 Å². The minimum absolute atomic E-state index is 1.54. The Labute approximate surface area is 94.5 Å². The van der Waals surface area contributed by atoms with E-state index in [-0.39, 0.29) is 0 Å². The minimum Gasteiger partial charge on any atom is -0.137 e. The monoisotopic (exact) mass is 212 g/mol. The first kappa shape index (κ1) is 11.7. The van der Waals surface area contributed by atoms with E-state index in [0.717, 1.165) is 0 Å². The van der Waals surface area contributed by atoms with Crippen molar-refractivity contribution in [3.05, 3.63) is 60.8 Å². The Balaban J connectivity index is 2.67. The molecule has 4 nitrogen and oxygen atoms in total. The second kappa shape index (κ2) is 9.21. The first-order valence-corrected chi connectivity index (χ1v) is 4.78. The van der Waals surface area contributed by atoms with Crippen LogP contribution in [0.25, 0.3) is 0 Å². The molecule has 0 saturated heterocycles. The molecular weight excluding hydrogens is 200 g/mol. The summed E-state index contributed by atoms with van der Waals surface area (Å²) in [5.41, 5.74) is 0. The third kappa shape index (κ3) is 7.08. The van der Waals surface area contributed by atoms with Crippen molar-refractivity contribution in [1.29, 1.82) is 0 Å². The summed E-state index contributed by atoms with van der Waals surface area (Å²) in [7, 11) is 0. The van der Waals surface area contributed by atoms with Crippen LogP contribution in [0.3, 0.4) is 0 Å². The summed E-state index contributed by atoms with van der Waals surface area (Å²) < 4.78 is 0. The molecule has 80 valence electrons. The summed E-state index contributed by atoms with van der Waals surface area (Å²) in [6.45, 7) is 0. The molecule has 1 aliphatic heterocycles. The molecule has 0 aromatic carbocycles. The van der Waals surface area contributed by atoms with Crippen LogP contribution in [0.15, 0.2) is 81.4 Å². The molecule has 0 aromatic heterocycles. The van der Waals surface area contributed by atoms with Crippen LogP contribution in [0.1, 0.15) is 0 Å². The molecule has 0 aliphatic carbocycles. The fourth-order valence-electron chi connectivity index (χ4n) is 0.795. The molecule has 0 saturated carbocycles. The van der Waals surface area contributed by atoms with E-state index in [0.29, 0.717) is 0 Å². The van der Waals surface area contributed by atoms with Crippen LogP contribution >= 0.6 is 0 Å². The van der Waals surface area contributed by atoms with Gasteiger partial charge in [-0.25, -0.2) is 0 Å². The van der Waals surface area contributed by atoms with Gasteiger partial charge in [0.15, 0.2) is 0 Å². The van der Waals surface area contributed by atoms with Gasteiger partial charge < -0.3 is 0 Å². The average Bonchev–Trinajstić information content (AvgIpc) is 2.29. The topological polar surface area (TPSA) is 49.4 Å². The number of allylic oxidation sites excluding steroid dienone is 10. The van der Waals surface area contributed by atoms with Crippen molar-refractivity contribution in [3.63, 3.8) is 0 Å². The highest BCUT2D eigenvalue weighted by Gasteiger charge is 1.67. The van der Waals surface area contributed by atoms with Crippen molar-refractivity contribution >= 4 is 12.4 Å². The molecule has 0 aromatic rings. The second-order valence-corrected chi connectivity index (χ2v) is 2.63. The van der Waals surface area contributed by atoms with E-state index in [1.54, 1.807) is 12.2 Å². The lowest BCUT2D eigenvalue weighted by molar-refractivity contribution is 0.966. The van der Waals surface area contributed by atoms with E-state index >= 15 is 0 Å². The fourth-order valence-corrected chi connectivity index (χ4v) is 0.795. The van der Waals surface area contributed by atoms with Crippen LogP contribution in [-0.4, -0.2) is 12.4 Å². The van der Waals surface area contributed by atoms with Gasteiger partial charge >= 0.3 is 0 Å². The summed E-state index contributed by atoms with van der Waals surface area (Å²) in [4.78, 5) is 0. The molecule has 1 aliphatic rings. The maximum atomic E-state index is 3.64. The lowest BCUT2D eigenvalue weighted by atomic mass is 10.3. The van der Waals surface area contributed by atoms with Crippen LogP contribution < -0.4 is 0 Å². The molecule has 0 spiro atoms. The second-order valence-electron chi connectivity index (χ2n) is 2.63. The summed E-state index contributed by atoms with van der Waals surface area (Å²) in [5, 5.41) is 14.2. The highest BCUT2D eigenvalue weighted by molar-refractivity contribution is 5.71. The van der Waals surface area contributed by atoms with Crippen LogP contribution in [0.4, 0.5) is 0 Å². The van der Waals surface area contributed by atoms with E-state index in [2.05, 4.69) is 20.6 Å². The van der Waals surface area contributed by atoms with Gasteiger partial charge in [0.1, 0.15) is 0 Å². The summed E-state index contributed by atoms with van der Waals surface area (Å²) in [6, 6.07) is 0. The summed E-state index contributed by atoms with van der Waals surface area (Å²) in [6.07, 6.45) is 21.8. The molecule has 0 radical (unpaired) electrons. The SMILES string of the molecule is C1=C\C=C/C=C\C=N/N=N\N=C/C=C\C=C/1. The van der Waals surface area contributed by atoms with Gasteiger partial charge in [0.25, 0.3) is 0 Å². The molecule has 0 N–H and O–H groups in total. The van der Waals surface area contributed by atoms with Crippen molar-refractivity contribution in [2.24, 2.45) is 20.6 Å². The van der Waals surface area contributed by atoms with E-state index in [1.807, 2.05) is 48.6 Å². The molecule has 0 unspecified atom stereocenters. The van der Waals surface area contributed by atoms with Gasteiger partial charge in [-0.15, -0.1) is 10.2 Å². The number of hydrogen-bond acceptors (Lipinski definition) is 4. The summed E-state index contributed by atoms with van der Waals surface area (Å²) in [5.74, 6) is 0. The predicted molar refractivity (Wildman–Crippen MR) is 67.5 cm³/mol. The molecule has 0 atom stereocenters. The van der Waals surface area contributed by atoms with Crippen molar-refractivity contribution in [3.8, 4) is 0 Å². The maximum Gasteiger partial charge on any atom is 0.0514 e. The maximum absolute atomic E-state index is 3.64. The van der Waals surface area contributed by atoms with Crippen LogP contribution in [0.2, 0.25) is 0 Å². The first-order valence-electron chi connectivity index (χ1n) is 4.78. The van der Waals surface area contributed by atoms with Gasteiger partial charge in [-0.3, -0.25) is 0 Å². The largest absolute Gasteiger partial charge is 0.137 e. The molecule has 0 bridgehead atoms. The number of nitrogens with zero attached hydrogens (tertiary/aromatic N) is 4. The minimum atomic E-state index is 1.54. The smallest absolute Gasteiger partial charge is 0.0514 e. The van der Waals surface area contributed by atoms with Crippen molar-refractivity contribution in [1.82, 2.24) is 0 Å². The van der Waals surface area contributed by atoms with Crippen molar-refractivity contribution in [2.45, 2.75) is 0 Å². The highest BCUT2D eigenvalue weighted by atomic mass is 15.5. The zero-order valence-electron chi connectivity index (χ0n) is 8.72. The molecule has 0 amide bonds. The highest BCUT2D eigenvalue weighted by Crippen LogP contribution is 1.84. The van der Waals surface area contributed by atoms with Crippen LogP contribution in [0.5, 0.6) is 0 Å². The molecule has 4 heteroatoms. The summed E-state index contributed by atoms with van der Waals surface area (Å²) >= 11 is 0. The third-order valence-corrected chi connectivity index (χ3v) is 1.45. The van der Waals surface area contributed by atoms with Gasteiger partial charge in [-0.05, 0) is 22.6 Å². The van der Waals surface area contributed by atoms with Gasteiger partial charge in [0, 0.05) is 0 Å². The van der Waals surface area contributed by atoms with Crippen molar-refractivity contribution < 1.29 is 0 Å². The van der Waals surface area contributed by atoms with Crippen LogP contribution in [0, 0.1) is 0 Å². The number of hydrogen-bond donors (Lipinski definition) is 0. The Hall–Kier alpha value is -2.36. The Morgan fingerprint density at radius 2 is 0.688 bits per heavy atom. The quantitative estimate of drug-likeness (QED) is 0.592. The van der Waals surface area contributed by atoms with Crippen molar-refractivity contribution in [2.75, 3.05) is 0 Å². The van der Waals surface area contributed by atoms with Crippen LogP contribution in [-0.2, 0) is 0 Å². The Morgan fingerprint density at radius 3 is 1.06 bits per heavy atom. The molecule has 1 rings (SSSR count). The van der Waals surface area contributed by atoms with E-state index in [4.69, 9.17) is 0 Å². The Kier molecular flexibility index (Phi) is 6.74. The normalized spacial score (nSPS) is 32.0. The number of rotatable bonds is 0. The van der Waals surface area contributed by atoms with Gasteiger partial charge in [-0.1, -0.05) is 48.6 Å². The van der Waals surface area contributed by atoms with Gasteiger partial charge in [-0.2, -0.15) is 0 Å². The molecular formula is C12H12N4. The van der Waals surface area contributed by atoms with E-state index in [9.17, 15) is 0 Å². The predicted octanol–water partition coefficient (Wildman–Crippen LogP) is 3.20. The lowest BCUT2D eigenvalue weighted by Gasteiger charge is -1.76.